The van der Waals surface area contributed by atoms with Crippen molar-refractivity contribution >= 4 is 17.8 Å². The summed E-state index contributed by atoms with van der Waals surface area (Å²) in [4.78, 5) is 17.2. The van der Waals surface area contributed by atoms with E-state index >= 15 is 0 Å². The van der Waals surface area contributed by atoms with Crippen molar-refractivity contribution in [1.82, 2.24) is 15.0 Å². The van der Waals surface area contributed by atoms with E-state index in [9.17, 15) is 0 Å². The molecule has 110 valence electrons. The lowest BCUT2D eigenvalue weighted by Crippen LogP contribution is -2.25. The number of nitrogen functional groups attached to an aromatic ring is 1. The van der Waals surface area contributed by atoms with Crippen molar-refractivity contribution in [1.29, 1.82) is 0 Å². The van der Waals surface area contributed by atoms with E-state index in [1.807, 2.05) is 30.1 Å². The molecule has 1 aromatic heterocycles. The molecule has 2 aromatic rings. The number of rotatable bonds is 4. The second-order valence-corrected chi connectivity index (χ2v) is 5.33. The van der Waals surface area contributed by atoms with Crippen LogP contribution in [0.15, 0.2) is 30.3 Å². The van der Waals surface area contributed by atoms with Crippen LogP contribution in [-0.2, 0) is 6.54 Å². The number of nitrogens with zero attached hydrogens (tertiary/aromatic N) is 5. The van der Waals surface area contributed by atoms with Crippen LogP contribution in [0.5, 0.6) is 0 Å². The molecule has 1 aliphatic rings. The number of benzene rings is 1. The Morgan fingerprint density at radius 1 is 1.10 bits per heavy atom. The van der Waals surface area contributed by atoms with Crippen LogP contribution in [0.2, 0.25) is 0 Å². The van der Waals surface area contributed by atoms with Crippen molar-refractivity contribution in [3.63, 3.8) is 0 Å². The average Bonchev–Trinajstić information content (AvgIpc) is 3.02. The SMILES string of the molecule is CN(Cc1ccccc1)c1nc(N)nc(N2CCCC2)n1. The summed E-state index contributed by atoms with van der Waals surface area (Å²) in [6.45, 7) is 2.72. The maximum atomic E-state index is 5.84. The molecule has 2 heterocycles. The predicted octanol–water partition coefficient (Wildman–Crippen LogP) is 1.69. The average molecular weight is 284 g/mol. The van der Waals surface area contributed by atoms with Gasteiger partial charge in [-0.15, -0.1) is 0 Å². The highest BCUT2D eigenvalue weighted by Crippen LogP contribution is 2.19. The number of hydrogen-bond acceptors (Lipinski definition) is 6. The maximum absolute atomic E-state index is 5.84. The van der Waals surface area contributed by atoms with Crippen molar-refractivity contribution in [3.8, 4) is 0 Å². The highest BCUT2D eigenvalue weighted by molar-refractivity contribution is 5.44. The Hall–Kier alpha value is -2.37. The number of anilines is 3. The number of nitrogens with two attached hydrogens (primary N) is 1. The fraction of sp³-hybridized carbons (Fsp3) is 0.400. The van der Waals surface area contributed by atoms with Crippen LogP contribution in [0.4, 0.5) is 17.8 Å². The molecule has 21 heavy (non-hydrogen) atoms. The molecule has 1 aromatic carbocycles. The summed E-state index contributed by atoms with van der Waals surface area (Å²) in [7, 11) is 1.97. The van der Waals surface area contributed by atoms with Crippen molar-refractivity contribution < 1.29 is 0 Å². The van der Waals surface area contributed by atoms with Gasteiger partial charge in [0.2, 0.25) is 17.8 Å². The van der Waals surface area contributed by atoms with Gasteiger partial charge in [0.25, 0.3) is 0 Å². The number of hydrogen-bond donors (Lipinski definition) is 1. The first-order valence-electron chi connectivity index (χ1n) is 7.24. The van der Waals surface area contributed by atoms with Crippen molar-refractivity contribution in [2.75, 3.05) is 35.7 Å². The first-order valence-corrected chi connectivity index (χ1v) is 7.24. The molecule has 1 fully saturated rings. The molecule has 0 saturated carbocycles. The van der Waals surface area contributed by atoms with Crippen LogP contribution in [-0.4, -0.2) is 35.1 Å². The molecule has 2 N–H and O–H groups in total. The van der Waals surface area contributed by atoms with E-state index in [0.717, 1.165) is 19.6 Å². The second-order valence-electron chi connectivity index (χ2n) is 5.33. The van der Waals surface area contributed by atoms with Crippen LogP contribution in [0.1, 0.15) is 18.4 Å². The molecular formula is C15H20N6. The minimum atomic E-state index is 0.279. The lowest BCUT2D eigenvalue weighted by molar-refractivity contribution is 0.828. The van der Waals surface area contributed by atoms with Gasteiger partial charge < -0.3 is 15.5 Å². The summed E-state index contributed by atoms with van der Waals surface area (Å²) >= 11 is 0. The molecule has 0 atom stereocenters. The molecule has 0 aliphatic carbocycles. The van der Waals surface area contributed by atoms with Crippen LogP contribution >= 0.6 is 0 Å². The Bertz CT molecular complexity index is 594. The fourth-order valence-corrected chi connectivity index (χ4v) is 2.53. The van der Waals surface area contributed by atoms with Gasteiger partial charge in [-0.05, 0) is 18.4 Å². The summed E-state index contributed by atoms with van der Waals surface area (Å²) in [5, 5.41) is 0. The third-order valence-corrected chi connectivity index (χ3v) is 3.62. The van der Waals surface area contributed by atoms with Gasteiger partial charge in [-0.3, -0.25) is 0 Å². The largest absolute Gasteiger partial charge is 0.368 e. The van der Waals surface area contributed by atoms with Gasteiger partial charge in [-0.2, -0.15) is 15.0 Å². The molecule has 0 spiro atoms. The van der Waals surface area contributed by atoms with Gasteiger partial charge in [0.15, 0.2) is 0 Å². The zero-order valence-electron chi connectivity index (χ0n) is 12.2. The minimum absolute atomic E-state index is 0.279. The molecule has 0 unspecified atom stereocenters. The minimum Gasteiger partial charge on any atom is -0.368 e. The Morgan fingerprint density at radius 3 is 2.52 bits per heavy atom. The standard InChI is InChI=1S/C15H20N6/c1-20(11-12-7-3-2-4-8-12)14-17-13(16)18-15(19-14)21-9-5-6-10-21/h2-4,7-8H,5-6,9-11H2,1H3,(H2,16,17,18,19). The molecule has 6 heteroatoms. The van der Waals surface area contributed by atoms with E-state index in [2.05, 4.69) is 32.0 Å². The van der Waals surface area contributed by atoms with Crippen LogP contribution in [0.25, 0.3) is 0 Å². The summed E-state index contributed by atoms with van der Waals surface area (Å²) in [5.41, 5.74) is 7.05. The van der Waals surface area contributed by atoms with E-state index in [1.165, 1.54) is 18.4 Å². The van der Waals surface area contributed by atoms with Gasteiger partial charge >= 0.3 is 0 Å². The second kappa shape index (κ2) is 5.95. The third-order valence-electron chi connectivity index (χ3n) is 3.62. The van der Waals surface area contributed by atoms with Crippen molar-refractivity contribution in [2.24, 2.45) is 0 Å². The summed E-state index contributed by atoms with van der Waals surface area (Å²) in [5.74, 6) is 1.59. The van der Waals surface area contributed by atoms with Gasteiger partial charge in [-0.25, -0.2) is 0 Å². The molecule has 0 bridgehead atoms. The first-order chi connectivity index (χ1) is 10.2. The highest BCUT2D eigenvalue weighted by Gasteiger charge is 2.18. The lowest BCUT2D eigenvalue weighted by atomic mass is 10.2. The van der Waals surface area contributed by atoms with Gasteiger partial charge in [0, 0.05) is 26.7 Å². The third kappa shape index (κ3) is 3.21. The first kappa shape index (κ1) is 13.6. The summed E-state index contributed by atoms with van der Waals surface area (Å²) in [6, 6.07) is 10.2. The smallest absolute Gasteiger partial charge is 0.231 e. The zero-order valence-corrected chi connectivity index (χ0v) is 12.2. The zero-order chi connectivity index (χ0) is 14.7. The quantitative estimate of drug-likeness (QED) is 0.921. The maximum Gasteiger partial charge on any atom is 0.231 e. The summed E-state index contributed by atoms with van der Waals surface area (Å²) < 4.78 is 0. The van der Waals surface area contributed by atoms with Gasteiger partial charge in [0.05, 0.1) is 0 Å². The van der Waals surface area contributed by atoms with Gasteiger partial charge in [-0.1, -0.05) is 30.3 Å². The predicted molar refractivity (Wildman–Crippen MR) is 84.2 cm³/mol. The van der Waals surface area contributed by atoms with E-state index < -0.39 is 0 Å². The summed E-state index contributed by atoms with van der Waals surface area (Å²) in [6.07, 6.45) is 2.36. The molecule has 0 radical (unpaired) electrons. The van der Waals surface area contributed by atoms with Crippen LogP contribution in [0, 0.1) is 0 Å². The van der Waals surface area contributed by atoms with E-state index in [4.69, 9.17) is 5.73 Å². The molecule has 6 nitrogen and oxygen atoms in total. The lowest BCUT2D eigenvalue weighted by Gasteiger charge is -2.20. The Morgan fingerprint density at radius 2 is 1.81 bits per heavy atom. The molecular weight excluding hydrogens is 264 g/mol. The highest BCUT2D eigenvalue weighted by atomic mass is 15.3. The van der Waals surface area contributed by atoms with E-state index in [1.54, 1.807) is 0 Å². The van der Waals surface area contributed by atoms with Crippen LogP contribution in [0.3, 0.4) is 0 Å². The van der Waals surface area contributed by atoms with Crippen molar-refractivity contribution in [3.05, 3.63) is 35.9 Å². The normalized spacial score (nSPS) is 14.4. The van der Waals surface area contributed by atoms with Crippen LogP contribution < -0.4 is 15.5 Å². The topological polar surface area (TPSA) is 71.2 Å². The molecule has 1 saturated heterocycles. The Balaban J connectivity index is 1.80. The van der Waals surface area contributed by atoms with Crippen molar-refractivity contribution in [2.45, 2.75) is 19.4 Å². The van der Waals surface area contributed by atoms with Gasteiger partial charge in [0.1, 0.15) is 0 Å². The molecule has 0 amide bonds. The van der Waals surface area contributed by atoms with E-state index in [0.29, 0.717) is 11.9 Å². The molecule has 1 aliphatic heterocycles. The monoisotopic (exact) mass is 284 g/mol. The molecule has 3 rings (SSSR count). The number of aromatic nitrogens is 3. The fourth-order valence-electron chi connectivity index (χ4n) is 2.53. The van der Waals surface area contributed by atoms with E-state index in [-0.39, 0.29) is 5.95 Å². The Labute approximate surface area is 124 Å². The Kier molecular flexibility index (Phi) is 3.85.